The molecule has 0 aromatic heterocycles. The van der Waals surface area contributed by atoms with E-state index < -0.39 is 5.60 Å². The molecule has 112 valence electrons. The van der Waals surface area contributed by atoms with Crippen LogP contribution in [0, 0.1) is 22.7 Å². The maximum Gasteiger partial charge on any atom is 0.303 e. The Morgan fingerprint density at radius 2 is 2.00 bits per heavy atom. The molecule has 0 bridgehead atoms. The van der Waals surface area contributed by atoms with Gasteiger partial charge in [0.1, 0.15) is 6.10 Å². The zero-order valence-electron chi connectivity index (χ0n) is 13.0. The smallest absolute Gasteiger partial charge is 0.303 e. The van der Waals surface area contributed by atoms with E-state index in [0.717, 1.165) is 24.8 Å². The Bertz CT molecular complexity index is 481. The summed E-state index contributed by atoms with van der Waals surface area (Å²) in [6.45, 7) is 12.4. The summed E-state index contributed by atoms with van der Waals surface area (Å²) in [5.74, 6) is 0.127. The van der Waals surface area contributed by atoms with Gasteiger partial charge in [0.15, 0.2) is 0 Å². The first kappa shape index (κ1) is 14.1. The average molecular weight is 278 g/mol. The molecule has 3 saturated carbocycles. The van der Waals surface area contributed by atoms with Crippen molar-refractivity contribution in [2.75, 3.05) is 0 Å². The van der Waals surface area contributed by atoms with Crippen molar-refractivity contribution in [2.45, 2.75) is 65.1 Å². The maximum atomic E-state index is 11.5. The van der Waals surface area contributed by atoms with Crippen LogP contribution >= 0.6 is 0 Å². The van der Waals surface area contributed by atoms with Gasteiger partial charge in [0.2, 0.25) is 0 Å². The first-order valence-corrected chi connectivity index (χ1v) is 7.70. The Labute approximate surface area is 121 Å². The second-order valence-corrected chi connectivity index (χ2v) is 8.16. The minimum absolute atomic E-state index is 0.117. The predicted octanol–water partition coefficient (Wildman–Crippen LogP) is 3.07. The highest BCUT2D eigenvalue weighted by atomic mass is 16.5. The molecule has 0 radical (unpaired) electrons. The minimum atomic E-state index is -0.852. The van der Waals surface area contributed by atoms with Gasteiger partial charge in [0, 0.05) is 12.8 Å². The molecule has 0 aromatic carbocycles. The van der Waals surface area contributed by atoms with Crippen molar-refractivity contribution in [3.05, 3.63) is 12.2 Å². The quantitative estimate of drug-likeness (QED) is 0.592. The first-order chi connectivity index (χ1) is 9.11. The van der Waals surface area contributed by atoms with Gasteiger partial charge in [-0.05, 0) is 48.0 Å². The second kappa shape index (κ2) is 3.88. The lowest BCUT2D eigenvalue weighted by molar-refractivity contribution is -0.144. The molecule has 0 heterocycles. The summed E-state index contributed by atoms with van der Waals surface area (Å²) in [5, 5.41) is 11.5. The van der Waals surface area contributed by atoms with Crippen LogP contribution in [0.2, 0.25) is 0 Å². The van der Waals surface area contributed by atoms with Crippen molar-refractivity contribution in [3.63, 3.8) is 0 Å². The van der Waals surface area contributed by atoms with Crippen molar-refractivity contribution < 1.29 is 14.6 Å². The van der Waals surface area contributed by atoms with E-state index in [1.54, 1.807) is 0 Å². The first-order valence-electron chi connectivity index (χ1n) is 7.70. The van der Waals surface area contributed by atoms with Crippen LogP contribution in [0.4, 0.5) is 0 Å². The third-order valence-electron chi connectivity index (χ3n) is 6.30. The number of hydrogen-bond acceptors (Lipinski definition) is 3. The van der Waals surface area contributed by atoms with E-state index in [1.807, 2.05) is 0 Å². The topological polar surface area (TPSA) is 46.5 Å². The molecule has 0 spiro atoms. The van der Waals surface area contributed by atoms with Crippen LogP contribution < -0.4 is 0 Å². The zero-order chi connectivity index (χ0) is 14.9. The van der Waals surface area contributed by atoms with Gasteiger partial charge >= 0.3 is 5.97 Å². The summed E-state index contributed by atoms with van der Waals surface area (Å²) in [5.41, 5.74) is 0.204. The zero-order valence-corrected chi connectivity index (χ0v) is 13.0. The van der Waals surface area contributed by atoms with Gasteiger partial charge < -0.3 is 9.84 Å². The lowest BCUT2D eigenvalue weighted by Crippen LogP contribution is -2.46. The Kier molecular flexibility index (Phi) is 2.74. The maximum absolute atomic E-state index is 11.5. The molecule has 0 aromatic rings. The molecule has 5 atom stereocenters. The van der Waals surface area contributed by atoms with E-state index in [2.05, 4.69) is 27.4 Å². The highest BCUT2D eigenvalue weighted by Gasteiger charge is 2.70. The largest absolute Gasteiger partial charge is 0.458 e. The van der Waals surface area contributed by atoms with Crippen molar-refractivity contribution in [3.8, 4) is 0 Å². The van der Waals surface area contributed by atoms with Gasteiger partial charge in [0.25, 0.3) is 0 Å². The number of ether oxygens (including phenoxy) is 1. The summed E-state index contributed by atoms with van der Waals surface area (Å²) in [6.07, 6.45) is 3.78. The Morgan fingerprint density at radius 1 is 1.35 bits per heavy atom. The predicted molar refractivity (Wildman–Crippen MR) is 77.0 cm³/mol. The van der Waals surface area contributed by atoms with Gasteiger partial charge in [-0.15, -0.1) is 0 Å². The molecule has 0 aliphatic heterocycles. The van der Waals surface area contributed by atoms with Crippen molar-refractivity contribution in [2.24, 2.45) is 22.7 Å². The number of carbonyl (C=O) groups excluding carboxylic acids is 1. The number of esters is 1. The fraction of sp³-hybridized carbons (Fsp3) is 0.824. The van der Waals surface area contributed by atoms with Crippen LogP contribution in [0.3, 0.4) is 0 Å². The van der Waals surface area contributed by atoms with Crippen LogP contribution in [0.25, 0.3) is 0 Å². The summed E-state index contributed by atoms with van der Waals surface area (Å²) in [7, 11) is 0. The van der Waals surface area contributed by atoms with Gasteiger partial charge in [-0.1, -0.05) is 27.4 Å². The average Bonchev–Trinajstić information content (AvgIpc) is 2.76. The summed E-state index contributed by atoms with van der Waals surface area (Å²) < 4.78 is 5.38. The standard InChI is InChI=1S/C17H26O3/c1-10-13(20-11(2)18)8-12-9-16(5)7-6-15(3,4)14(16)17(10,12)19/h12-14,19H,1,6-9H2,2-5H3/t12-,13-,14-,16-,17+/m0/s1. The third kappa shape index (κ3) is 1.59. The monoisotopic (exact) mass is 278 g/mol. The number of rotatable bonds is 1. The molecule has 20 heavy (non-hydrogen) atoms. The van der Waals surface area contributed by atoms with E-state index in [1.165, 1.54) is 13.3 Å². The normalized spacial score (nSPS) is 49.0. The molecule has 3 aliphatic rings. The van der Waals surface area contributed by atoms with Crippen molar-refractivity contribution >= 4 is 5.97 Å². The molecule has 0 saturated heterocycles. The summed E-state index contributed by atoms with van der Waals surface area (Å²) in [6, 6.07) is 0. The molecule has 1 N–H and O–H groups in total. The SMILES string of the molecule is C=C1[C@@H](OC(C)=O)C[C@H]2C[C@]3(C)CCC(C)(C)[C@@H]3[C@@]12O. The van der Waals surface area contributed by atoms with Gasteiger partial charge in [0.05, 0.1) is 5.60 Å². The summed E-state index contributed by atoms with van der Waals surface area (Å²) >= 11 is 0. The Morgan fingerprint density at radius 3 is 2.60 bits per heavy atom. The molecule has 3 fully saturated rings. The molecular weight excluding hydrogens is 252 g/mol. The highest BCUT2D eigenvalue weighted by Crippen LogP contribution is 2.71. The fourth-order valence-corrected chi connectivity index (χ4v) is 5.83. The second-order valence-electron chi connectivity index (χ2n) is 8.16. The third-order valence-corrected chi connectivity index (χ3v) is 6.30. The molecule has 3 nitrogen and oxygen atoms in total. The molecular formula is C17H26O3. The minimum Gasteiger partial charge on any atom is -0.458 e. The fourth-order valence-electron chi connectivity index (χ4n) is 5.83. The van der Waals surface area contributed by atoms with Crippen LogP contribution in [0.1, 0.15) is 53.4 Å². The molecule has 0 unspecified atom stereocenters. The van der Waals surface area contributed by atoms with Crippen LogP contribution in [0.5, 0.6) is 0 Å². The lowest BCUT2D eigenvalue weighted by atomic mass is 9.66. The number of aliphatic hydroxyl groups is 1. The number of carbonyl (C=O) groups is 1. The van der Waals surface area contributed by atoms with Crippen LogP contribution in [-0.2, 0) is 9.53 Å². The Balaban J connectivity index is 1.98. The van der Waals surface area contributed by atoms with E-state index in [9.17, 15) is 9.90 Å². The lowest BCUT2D eigenvalue weighted by Gasteiger charge is -2.42. The number of fused-ring (bicyclic) bond motifs is 3. The molecule has 0 amide bonds. The molecule has 3 aliphatic carbocycles. The van der Waals surface area contributed by atoms with E-state index in [4.69, 9.17) is 4.74 Å². The van der Waals surface area contributed by atoms with E-state index in [0.29, 0.717) is 0 Å². The van der Waals surface area contributed by atoms with Crippen molar-refractivity contribution in [1.82, 2.24) is 0 Å². The van der Waals surface area contributed by atoms with Crippen LogP contribution in [0.15, 0.2) is 12.2 Å². The molecule has 3 heteroatoms. The highest BCUT2D eigenvalue weighted by molar-refractivity contribution is 5.66. The van der Waals surface area contributed by atoms with E-state index in [-0.39, 0.29) is 34.7 Å². The number of hydrogen-bond donors (Lipinski definition) is 1. The van der Waals surface area contributed by atoms with Gasteiger partial charge in [-0.2, -0.15) is 0 Å². The summed E-state index contributed by atoms with van der Waals surface area (Å²) in [4.78, 5) is 11.2. The van der Waals surface area contributed by atoms with Gasteiger partial charge in [-0.3, -0.25) is 4.79 Å². The van der Waals surface area contributed by atoms with Gasteiger partial charge in [-0.25, -0.2) is 0 Å². The van der Waals surface area contributed by atoms with Crippen LogP contribution in [-0.4, -0.2) is 22.8 Å². The molecule has 3 rings (SSSR count). The van der Waals surface area contributed by atoms with Crippen molar-refractivity contribution in [1.29, 1.82) is 0 Å². The van der Waals surface area contributed by atoms with E-state index >= 15 is 0 Å². The Hall–Kier alpha value is -0.830.